The van der Waals surface area contributed by atoms with Crippen molar-refractivity contribution in [2.45, 2.75) is 20.1 Å². The number of benzene rings is 2. The summed E-state index contributed by atoms with van der Waals surface area (Å²) in [6.45, 7) is 2.25. The van der Waals surface area contributed by atoms with Crippen molar-refractivity contribution in [3.05, 3.63) is 93.8 Å². The number of aromatic nitrogens is 2. The van der Waals surface area contributed by atoms with Gasteiger partial charge in [-0.25, -0.2) is 5.10 Å². The van der Waals surface area contributed by atoms with Crippen molar-refractivity contribution in [2.24, 2.45) is 0 Å². The molecule has 7 nitrogen and oxygen atoms in total. The van der Waals surface area contributed by atoms with Gasteiger partial charge < -0.3 is 14.5 Å². The Balaban J connectivity index is 1.44. The number of para-hydroxylation sites is 1. The highest BCUT2D eigenvalue weighted by molar-refractivity contribution is 5.92. The molecule has 1 amide bonds. The number of carbonyl (C=O) groups is 1. The van der Waals surface area contributed by atoms with Gasteiger partial charge in [-0.05, 0) is 31.2 Å². The zero-order chi connectivity index (χ0) is 20.2. The molecule has 7 heteroatoms. The number of amides is 1. The highest BCUT2D eigenvalue weighted by atomic mass is 16.5. The third-order valence-electron chi connectivity index (χ3n) is 4.57. The molecule has 0 saturated heterocycles. The molecule has 4 aromatic rings. The molecule has 0 aliphatic carbocycles. The first-order valence-electron chi connectivity index (χ1n) is 9.13. The predicted octanol–water partition coefficient (Wildman–Crippen LogP) is 3.33. The molecule has 0 aliphatic rings. The van der Waals surface area contributed by atoms with Crippen LogP contribution in [0.2, 0.25) is 0 Å². The lowest BCUT2D eigenvalue weighted by molar-refractivity contribution is 0.0921. The monoisotopic (exact) mass is 389 g/mol. The van der Waals surface area contributed by atoms with E-state index in [4.69, 9.17) is 9.15 Å². The van der Waals surface area contributed by atoms with Crippen molar-refractivity contribution in [3.63, 3.8) is 0 Å². The minimum atomic E-state index is -0.365. The third kappa shape index (κ3) is 4.03. The first kappa shape index (κ1) is 18.5. The molecule has 2 aromatic heterocycles. The maximum atomic E-state index is 12.5. The zero-order valence-electron chi connectivity index (χ0n) is 15.8. The Kier molecular flexibility index (Phi) is 5.11. The summed E-state index contributed by atoms with van der Waals surface area (Å²) in [6, 6.07) is 18.2. The Labute approximate surface area is 166 Å². The van der Waals surface area contributed by atoms with E-state index in [1.54, 1.807) is 31.2 Å². The zero-order valence-corrected chi connectivity index (χ0v) is 15.8. The van der Waals surface area contributed by atoms with E-state index in [0.29, 0.717) is 28.8 Å². The number of hydrogen-bond donors (Lipinski definition) is 2. The lowest BCUT2D eigenvalue weighted by Crippen LogP contribution is -2.24. The largest absolute Gasteiger partial charge is 0.489 e. The lowest BCUT2D eigenvalue weighted by Gasteiger charge is -2.05. The van der Waals surface area contributed by atoms with E-state index in [0.717, 1.165) is 11.3 Å². The number of ether oxygens (including phenoxy) is 1. The molecule has 0 spiro atoms. The fourth-order valence-electron chi connectivity index (χ4n) is 3.01. The van der Waals surface area contributed by atoms with Crippen LogP contribution in [0.25, 0.3) is 10.8 Å². The quantitative estimate of drug-likeness (QED) is 0.527. The summed E-state index contributed by atoms with van der Waals surface area (Å²) >= 11 is 0. The van der Waals surface area contributed by atoms with E-state index in [1.165, 1.54) is 0 Å². The number of aromatic amines is 1. The van der Waals surface area contributed by atoms with Crippen molar-refractivity contribution < 1.29 is 13.9 Å². The molecule has 2 aromatic carbocycles. The topological polar surface area (TPSA) is 97.2 Å². The van der Waals surface area contributed by atoms with E-state index in [2.05, 4.69) is 15.5 Å². The van der Waals surface area contributed by atoms with Crippen LogP contribution in [-0.2, 0) is 13.2 Å². The van der Waals surface area contributed by atoms with Crippen LogP contribution in [0.4, 0.5) is 0 Å². The van der Waals surface area contributed by atoms with Crippen LogP contribution in [0.5, 0.6) is 5.75 Å². The van der Waals surface area contributed by atoms with Crippen LogP contribution in [0, 0.1) is 6.92 Å². The van der Waals surface area contributed by atoms with Gasteiger partial charge in [-0.15, -0.1) is 0 Å². The maximum absolute atomic E-state index is 12.5. The summed E-state index contributed by atoms with van der Waals surface area (Å²) in [7, 11) is 0. The Hall–Kier alpha value is -3.87. The van der Waals surface area contributed by atoms with Gasteiger partial charge in [0.05, 0.1) is 17.6 Å². The number of furan rings is 1. The molecule has 0 atom stereocenters. The van der Waals surface area contributed by atoms with E-state index < -0.39 is 0 Å². The number of H-pyrrole nitrogens is 1. The summed E-state index contributed by atoms with van der Waals surface area (Å²) in [6.07, 6.45) is 0. The summed E-state index contributed by atoms with van der Waals surface area (Å²) in [5.74, 6) is 1.20. The maximum Gasteiger partial charge on any atom is 0.287 e. The summed E-state index contributed by atoms with van der Waals surface area (Å²) in [4.78, 5) is 24.4. The van der Waals surface area contributed by atoms with Crippen molar-refractivity contribution >= 4 is 16.7 Å². The summed E-state index contributed by atoms with van der Waals surface area (Å²) < 4.78 is 11.3. The van der Waals surface area contributed by atoms with Gasteiger partial charge in [-0.3, -0.25) is 9.59 Å². The van der Waals surface area contributed by atoms with Gasteiger partial charge in [0.15, 0.2) is 5.76 Å². The number of nitrogens with one attached hydrogen (secondary N) is 2. The van der Waals surface area contributed by atoms with E-state index in [9.17, 15) is 9.59 Å². The first-order chi connectivity index (χ1) is 14.1. The van der Waals surface area contributed by atoms with Crippen molar-refractivity contribution in [3.8, 4) is 5.75 Å². The molecular formula is C22H19N3O4. The molecule has 2 N–H and O–H groups in total. The lowest BCUT2D eigenvalue weighted by atomic mass is 10.1. The van der Waals surface area contributed by atoms with Crippen LogP contribution >= 0.6 is 0 Å². The minimum Gasteiger partial charge on any atom is -0.489 e. The average molecular weight is 389 g/mol. The molecule has 0 radical (unpaired) electrons. The van der Waals surface area contributed by atoms with Gasteiger partial charge in [0.1, 0.15) is 18.1 Å². The predicted molar refractivity (Wildman–Crippen MR) is 108 cm³/mol. The standard InChI is InChI=1S/C22H19N3O4/c1-14-15(13-28-16-7-3-2-4-8-16)11-20(29-14)22(27)23-12-19-17-9-5-6-10-18(17)21(26)25-24-19/h2-11H,12-13H2,1H3,(H,23,27)(H,25,26). The molecule has 4 rings (SSSR count). The van der Waals surface area contributed by atoms with Gasteiger partial charge in [-0.2, -0.15) is 5.10 Å². The van der Waals surface area contributed by atoms with Crippen LogP contribution in [-0.4, -0.2) is 16.1 Å². The molecule has 0 bridgehead atoms. The SMILES string of the molecule is Cc1oc(C(=O)NCc2n[nH]c(=O)c3ccccc23)cc1COc1ccccc1. The van der Waals surface area contributed by atoms with Gasteiger partial charge in [0.25, 0.3) is 11.5 Å². The molecule has 0 fully saturated rings. The first-order valence-corrected chi connectivity index (χ1v) is 9.13. The van der Waals surface area contributed by atoms with Crippen LogP contribution in [0.1, 0.15) is 27.6 Å². The number of nitrogens with zero attached hydrogens (tertiary/aromatic N) is 1. The highest BCUT2D eigenvalue weighted by Crippen LogP contribution is 2.18. The van der Waals surface area contributed by atoms with Crippen LogP contribution < -0.4 is 15.6 Å². The number of carbonyl (C=O) groups excluding carboxylic acids is 1. The van der Waals surface area contributed by atoms with Crippen molar-refractivity contribution in [1.82, 2.24) is 15.5 Å². The van der Waals surface area contributed by atoms with Crippen molar-refractivity contribution in [1.29, 1.82) is 0 Å². The Bertz CT molecular complexity index is 1210. The molecule has 0 unspecified atom stereocenters. The third-order valence-corrected chi connectivity index (χ3v) is 4.57. The number of fused-ring (bicyclic) bond motifs is 1. The Morgan fingerprint density at radius 2 is 1.83 bits per heavy atom. The fraction of sp³-hybridized carbons (Fsp3) is 0.136. The number of rotatable bonds is 6. The van der Waals surface area contributed by atoms with Crippen LogP contribution in [0.3, 0.4) is 0 Å². The molecule has 0 aliphatic heterocycles. The van der Waals surface area contributed by atoms with E-state index in [-0.39, 0.29) is 23.8 Å². The molecule has 29 heavy (non-hydrogen) atoms. The molecule has 2 heterocycles. The van der Waals surface area contributed by atoms with Gasteiger partial charge in [-0.1, -0.05) is 36.4 Å². The van der Waals surface area contributed by atoms with Gasteiger partial charge in [0, 0.05) is 10.9 Å². The molecular weight excluding hydrogens is 370 g/mol. The Morgan fingerprint density at radius 3 is 2.62 bits per heavy atom. The Morgan fingerprint density at radius 1 is 1.10 bits per heavy atom. The van der Waals surface area contributed by atoms with Gasteiger partial charge >= 0.3 is 0 Å². The average Bonchev–Trinajstić information content (AvgIpc) is 3.13. The summed E-state index contributed by atoms with van der Waals surface area (Å²) in [5.41, 5.74) is 1.11. The minimum absolute atomic E-state index is 0.158. The fourth-order valence-corrected chi connectivity index (χ4v) is 3.01. The van der Waals surface area contributed by atoms with E-state index in [1.807, 2.05) is 36.4 Å². The molecule has 146 valence electrons. The summed E-state index contributed by atoms with van der Waals surface area (Å²) in [5, 5.41) is 10.5. The highest BCUT2D eigenvalue weighted by Gasteiger charge is 2.16. The van der Waals surface area contributed by atoms with Crippen molar-refractivity contribution in [2.75, 3.05) is 0 Å². The van der Waals surface area contributed by atoms with E-state index >= 15 is 0 Å². The second-order valence-corrected chi connectivity index (χ2v) is 6.52. The van der Waals surface area contributed by atoms with Gasteiger partial charge in [0.2, 0.25) is 0 Å². The smallest absolute Gasteiger partial charge is 0.287 e. The second kappa shape index (κ2) is 8.02. The number of aryl methyl sites for hydroxylation is 1. The normalized spacial score (nSPS) is 10.8. The number of hydrogen-bond acceptors (Lipinski definition) is 5. The second-order valence-electron chi connectivity index (χ2n) is 6.52. The van der Waals surface area contributed by atoms with Crippen LogP contribution in [0.15, 0.2) is 69.9 Å². The molecule has 0 saturated carbocycles.